The predicted octanol–water partition coefficient (Wildman–Crippen LogP) is 3.30. The van der Waals surface area contributed by atoms with E-state index in [1.165, 1.54) is 0 Å². The summed E-state index contributed by atoms with van der Waals surface area (Å²) in [4.78, 5) is 31.7. The Bertz CT molecular complexity index is 881. The van der Waals surface area contributed by atoms with E-state index in [0.717, 1.165) is 61.2 Å². The first-order valence-electron chi connectivity index (χ1n) is 10.5. The smallest absolute Gasteiger partial charge is 0.253 e. The molecule has 1 aliphatic heterocycles. The quantitative estimate of drug-likeness (QED) is 0.851. The van der Waals surface area contributed by atoms with E-state index in [9.17, 15) is 9.59 Å². The van der Waals surface area contributed by atoms with Crippen LogP contribution in [0.2, 0.25) is 0 Å². The van der Waals surface area contributed by atoms with Crippen LogP contribution in [0.25, 0.3) is 0 Å². The zero-order valence-electron chi connectivity index (χ0n) is 17.3. The maximum Gasteiger partial charge on any atom is 0.253 e. The third-order valence-electron chi connectivity index (χ3n) is 6.43. The summed E-state index contributed by atoms with van der Waals surface area (Å²) in [6.45, 7) is 6.15. The lowest BCUT2D eigenvalue weighted by molar-refractivity contribution is -0.123. The van der Waals surface area contributed by atoms with Crippen molar-refractivity contribution in [1.82, 2.24) is 15.2 Å². The van der Waals surface area contributed by atoms with Gasteiger partial charge in [-0.1, -0.05) is 23.3 Å². The van der Waals surface area contributed by atoms with E-state index in [0.29, 0.717) is 6.54 Å². The maximum atomic E-state index is 12.9. The molecule has 1 spiro atoms. The third kappa shape index (κ3) is 4.34. The van der Waals surface area contributed by atoms with E-state index in [2.05, 4.69) is 16.4 Å². The first-order valence-corrected chi connectivity index (χ1v) is 10.5. The van der Waals surface area contributed by atoms with Gasteiger partial charge in [0.05, 0.1) is 0 Å². The van der Waals surface area contributed by atoms with Crippen molar-refractivity contribution in [2.75, 3.05) is 19.6 Å². The third-order valence-corrected chi connectivity index (χ3v) is 6.43. The van der Waals surface area contributed by atoms with Gasteiger partial charge in [-0.05, 0) is 62.8 Å². The van der Waals surface area contributed by atoms with Gasteiger partial charge < -0.3 is 10.2 Å². The Hall–Kier alpha value is -2.69. The molecule has 2 fully saturated rings. The number of hydrogen-bond donors (Lipinski definition) is 1. The Morgan fingerprint density at radius 2 is 1.86 bits per heavy atom. The highest BCUT2D eigenvalue weighted by Crippen LogP contribution is 2.59. The molecular weight excluding hydrogens is 362 g/mol. The number of rotatable bonds is 5. The largest absolute Gasteiger partial charge is 0.355 e. The summed E-state index contributed by atoms with van der Waals surface area (Å²) in [6.07, 6.45) is 5.32. The molecule has 2 aromatic rings. The van der Waals surface area contributed by atoms with Crippen molar-refractivity contribution in [3.8, 4) is 0 Å². The van der Waals surface area contributed by atoms with Crippen LogP contribution in [-0.2, 0) is 11.2 Å². The lowest BCUT2D eigenvalue weighted by atomic mass is 9.90. The number of aryl methyl sites for hydroxylation is 2. The van der Waals surface area contributed by atoms with Crippen LogP contribution in [0.3, 0.4) is 0 Å². The average molecular weight is 392 g/mol. The molecule has 1 N–H and O–H groups in total. The van der Waals surface area contributed by atoms with Gasteiger partial charge >= 0.3 is 0 Å². The molecule has 0 unspecified atom stereocenters. The summed E-state index contributed by atoms with van der Waals surface area (Å²) in [5.41, 5.74) is 4.11. The standard InChI is InChI=1S/C24H29N3O2/c1-17-13-18(2)15-19(14-17)23(29)27-11-7-24(8-12-27)16-21(24)22(28)26-10-6-20-5-3-4-9-25-20/h3-5,9,13-15,21H,6-8,10-12,16H2,1-2H3,(H,26,28)/t21-/m0/s1. The average Bonchev–Trinajstić information content (AvgIpc) is 3.41. The summed E-state index contributed by atoms with van der Waals surface area (Å²) >= 11 is 0. The van der Waals surface area contributed by atoms with Crippen molar-refractivity contribution < 1.29 is 9.59 Å². The molecule has 1 atom stereocenters. The van der Waals surface area contributed by atoms with Gasteiger partial charge in [-0.25, -0.2) is 0 Å². The van der Waals surface area contributed by atoms with Gasteiger partial charge in [0.25, 0.3) is 5.91 Å². The molecule has 2 amide bonds. The Kier molecular flexibility index (Phi) is 5.39. The zero-order chi connectivity index (χ0) is 20.4. The number of carbonyl (C=O) groups excluding carboxylic acids is 2. The number of likely N-dealkylation sites (tertiary alicyclic amines) is 1. The maximum absolute atomic E-state index is 12.9. The Morgan fingerprint density at radius 1 is 1.14 bits per heavy atom. The summed E-state index contributed by atoms with van der Waals surface area (Å²) in [5, 5.41) is 3.08. The summed E-state index contributed by atoms with van der Waals surface area (Å²) in [5.74, 6) is 0.378. The normalized spacial score (nSPS) is 19.8. The van der Waals surface area contributed by atoms with E-state index in [1.54, 1.807) is 6.20 Å². The first-order chi connectivity index (χ1) is 14.0. The molecule has 2 aliphatic rings. The molecule has 2 heterocycles. The molecule has 5 heteroatoms. The van der Waals surface area contributed by atoms with Gasteiger partial charge in [-0.2, -0.15) is 0 Å². The summed E-state index contributed by atoms with van der Waals surface area (Å²) in [6, 6.07) is 11.9. The SMILES string of the molecule is Cc1cc(C)cc(C(=O)N2CCC3(CC2)C[C@H]3C(=O)NCCc2ccccn2)c1. The molecular formula is C24H29N3O2. The lowest BCUT2D eigenvalue weighted by Crippen LogP contribution is -2.40. The van der Waals surface area contributed by atoms with Crippen molar-refractivity contribution in [3.63, 3.8) is 0 Å². The van der Waals surface area contributed by atoms with Crippen LogP contribution in [0.1, 0.15) is 46.4 Å². The van der Waals surface area contributed by atoms with Gasteiger partial charge in [0.15, 0.2) is 0 Å². The highest BCUT2D eigenvalue weighted by molar-refractivity contribution is 5.94. The molecule has 4 rings (SSSR count). The van der Waals surface area contributed by atoms with Crippen molar-refractivity contribution in [2.24, 2.45) is 11.3 Å². The summed E-state index contributed by atoms with van der Waals surface area (Å²) in [7, 11) is 0. The van der Waals surface area contributed by atoms with Gasteiger partial charge in [0.2, 0.25) is 5.91 Å². The number of piperidine rings is 1. The molecule has 1 saturated carbocycles. The topological polar surface area (TPSA) is 62.3 Å². The highest BCUT2D eigenvalue weighted by Gasteiger charge is 2.58. The van der Waals surface area contributed by atoms with Crippen molar-refractivity contribution in [2.45, 2.75) is 39.5 Å². The number of carbonyl (C=O) groups is 2. The molecule has 0 radical (unpaired) electrons. The van der Waals surface area contributed by atoms with Crippen LogP contribution < -0.4 is 5.32 Å². The number of hydrogen-bond acceptors (Lipinski definition) is 3. The van der Waals surface area contributed by atoms with Gasteiger partial charge in [-0.3, -0.25) is 14.6 Å². The van der Waals surface area contributed by atoms with Gasteiger partial charge in [0.1, 0.15) is 0 Å². The van der Waals surface area contributed by atoms with Crippen LogP contribution in [0.15, 0.2) is 42.6 Å². The van der Waals surface area contributed by atoms with Crippen molar-refractivity contribution in [1.29, 1.82) is 0 Å². The lowest BCUT2D eigenvalue weighted by Gasteiger charge is -2.33. The fraction of sp³-hybridized carbons (Fsp3) is 0.458. The molecule has 5 nitrogen and oxygen atoms in total. The minimum Gasteiger partial charge on any atom is -0.355 e. The van der Waals surface area contributed by atoms with Crippen molar-refractivity contribution >= 4 is 11.8 Å². The number of aromatic nitrogens is 1. The predicted molar refractivity (Wildman–Crippen MR) is 113 cm³/mol. The Balaban J connectivity index is 1.26. The number of nitrogens with one attached hydrogen (secondary N) is 1. The molecule has 152 valence electrons. The van der Waals surface area contributed by atoms with Crippen LogP contribution in [0.4, 0.5) is 0 Å². The molecule has 0 bridgehead atoms. The number of nitrogens with zero attached hydrogens (tertiary/aromatic N) is 2. The second-order valence-electron chi connectivity index (χ2n) is 8.65. The van der Waals surface area contributed by atoms with Crippen LogP contribution in [0, 0.1) is 25.2 Å². The molecule has 1 saturated heterocycles. The number of pyridine rings is 1. The second-order valence-corrected chi connectivity index (χ2v) is 8.65. The Morgan fingerprint density at radius 3 is 2.52 bits per heavy atom. The second kappa shape index (κ2) is 7.97. The van der Waals surface area contributed by atoms with Gasteiger partial charge in [0, 0.05) is 49.4 Å². The molecule has 1 aliphatic carbocycles. The van der Waals surface area contributed by atoms with E-state index in [1.807, 2.05) is 49.1 Å². The number of amides is 2. The van der Waals surface area contributed by atoms with E-state index in [4.69, 9.17) is 0 Å². The molecule has 1 aromatic carbocycles. The summed E-state index contributed by atoms with van der Waals surface area (Å²) < 4.78 is 0. The van der Waals surface area contributed by atoms with E-state index < -0.39 is 0 Å². The van der Waals surface area contributed by atoms with Crippen LogP contribution in [-0.4, -0.2) is 41.3 Å². The Labute approximate surface area is 172 Å². The monoisotopic (exact) mass is 391 g/mol. The number of benzene rings is 1. The van der Waals surface area contributed by atoms with Crippen molar-refractivity contribution in [3.05, 3.63) is 65.0 Å². The minimum absolute atomic E-state index is 0.102. The molecule has 1 aromatic heterocycles. The fourth-order valence-corrected chi connectivity index (χ4v) is 4.69. The minimum atomic E-state index is 0.102. The van der Waals surface area contributed by atoms with E-state index >= 15 is 0 Å². The first kappa shape index (κ1) is 19.6. The zero-order valence-corrected chi connectivity index (χ0v) is 17.3. The molecule has 29 heavy (non-hydrogen) atoms. The fourth-order valence-electron chi connectivity index (χ4n) is 4.69. The van der Waals surface area contributed by atoms with Crippen LogP contribution >= 0.6 is 0 Å². The van der Waals surface area contributed by atoms with Crippen LogP contribution in [0.5, 0.6) is 0 Å². The highest BCUT2D eigenvalue weighted by atomic mass is 16.2. The van der Waals surface area contributed by atoms with E-state index in [-0.39, 0.29) is 23.1 Å². The van der Waals surface area contributed by atoms with Gasteiger partial charge in [-0.15, -0.1) is 0 Å².